The number of benzene rings is 3. The van der Waals surface area contributed by atoms with E-state index in [0.717, 1.165) is 45.1 Å². The fourth-order valence-electron chi connectivity index (χ4n) is 5.31. The summed E-state index contributed by atoms with van der Waals surface area (Å²) in [4.78, 5) is 2.64. The van der Waals surface area contributed by atoms with Gasteiger partial charge in [-0.25, -0.2) is 0 Å². The Balaban J connectivity index is 1.73. The van der Waals surface area contributed by atoms with Gasteiger partial charge in [-0.3, -0.25) is 0 Å². The van der Waals surface area contributed by atoms with Crippen molar-refractivity contribution in [3.05, 3.63) is 75.9 Å². The van der Waals surface area contributed by atoms with Gasteiger partial charge < -0.3 is 0 Å². The van der Waals surface area contributed by atoms with Crippen molar-refractivity contribution in [3.8, 4) is 22.3 Å². The summed E-state index contributed by atoms with van der Waals surface area (Å²) >= 11 is 14.4. The van der Waals surface area contributed by atoms with E-state index in [2.05, 4.69) is 88.5 Å². The number of hydrogen-bond donors (Lipinski definition) is 3. The zero-order valence-electron chi connectivity index (χ0n) is 18.6. The molecule has 0 heterocycles. The normalized spacial score (nSPS) is 14.4. The Morgan fingerprint density at radius 2 is 1.50 bits per heavy atom. The van der Waals surface area contributed by atoms with Gasteiger partial charge in [0.05, 0.1) is 0 Å². The average Bonchev–Trinajstić information content (AvgIpc) is 3.22. The molecule has 0 N–H and O–H groups in total. The molecule has 0 bridgehead atoms. The molecule has 0 atom stereocenters. The fourth-order valence-corrected chi connectivity index (χ4v) is 6.20. The van der Waals surface area contributed by atoms with Gasteiger partial charge in [0.25, 0.3) is 0 Å². The predicted molar refractivity (Wildman–Crippen MR) is 148 cm³/mol. The van der Waals surface area contributed by atoms with Crippen LogP contribution in [0.15, 0.2) is 57.2 Å². The van der Waals surface area contributed by atoms with Crippen LogP contribution in [0.2, 0.25) is 0 Å². The summed E-state index contributed by atoms with van der Waals surface area (Å²) in [5.74, 6) is 0. The smallest absolute Gasteiger partial charge is 0.116 e. The summed E-state index contributed by atoms with van der Waals surface area (Å²) < 4.78 is 0. The minimum absolute atomic E-state index is 0.707. The quantitative estimate of drug-likeness (QED) is 0.200. The van der Waals surface area contributed by atoms with Crippen molar-refractivity contribution in [1.29, 1.82) is 0 Å². The lowest BCUT2D eigenvalue weighted by Crippen LogP contribution is -2.13. The van der Waals surface area contributed by atoms with E-state index < -0.39 is 0 Å². The Morgan fingerprint density at radius 3 is 2.22 bits per heavy atom. The minimum atomic E-state index is 0.707. The fraction of sp³-hybridized carbons (Fsp3) is 0.214. The summed E-state index contributed by atoms with van der Waals surface area (Å²) in [6.07, 6.45) is 9.68. The topological polar surface area (TPSA) is 0 Å². The van der Waals surface area contributed by atoms with Crippen molar-refractivity contribution in [3.63, 3.8) is 0 Å². The molecule has 0 spiro atoms. The standard InChI is InChI=1S/C28H25BS3/c1-14-20-13-21-15(2)27(31)28(32)25(29)23(21)24(20)26(30)16(3)22(14)19-11-7-10-18(12-19)17-8-5-4-6-9-17/h4-5,7-8,10-12,30-32H,6,9,13H2,1-3H3. The van der Waals surface area contributed by atoms with Crippen LogP contribution in [0.3, 0.4) is 0 Å². The van der Waals surface area contributed by atoms with Crippen LogP contribution in [-0.4, -0.2) is 7.85 Å². The van der Waals surface area contributed by atoms with Crippen LogP contribution in [0.25, 0.3) is 27.8 Å². The number of hydrogen-bond acceptors (Lipinski definition) is 3. The number of fused-ring (bicyclic) bond motifs is 3. The van der Waals surface area contributed by atoms with Crippen LogP contribution in [-0.2, 0) is 6.42 Å². The van der Waals surface area contributed by atoms with E-state index in [1.54, 1.807) is 0 Å². The second kappa shape index (κ2) is 8.24. The largest absolute Gasteiger partial charge is 0.143 e. The zero-order valence-corrected chi connectivity index (χ0v) is 21.3. The second-order valence-corrected chi connectivity index (χ2v) is 10.2. The molecule has 4 heteroatoms. The summed E-state index contributed by atoms with van der Waals surface area (Å²) in [7, 11) is 6.57. The third-order valence-corrected chi connectivity index (χ3v) is 8.85. The van der Waals surface area contributed by atoms with Crippen molar-refractivity contribution in [2.75, 3.05) is 0 Å². The lowest BCUT2D eigenvalue weighted by atomic mass is 9.83. The third-order valence-electron chi connectivity index (χ3n) is 7.09. The maximum atomic E-state index is 6.57. The molecule has 158 valence electrons. The van der Waals surface area contributed by atoms with Gasteiger partial charge in [0.15, 0.2) is 0 Å². The zero-order chi connectivity index (χ0) is 22.7. The Morgan fingerprint density at radius 1 is 0.781 bits per heavy atom. The van der Waals surface area contributed by atoms with Gasteiger partial charge in [-0.2, -0.15) is 0 Å². The van der Waals surface area contributed by atoms with Gasteiger partial charge in [-0.1, -0.05) is 41.9 Å². The van der Waals surface area contributed by atoms with Crippen LogP contribution >= 0.6 is 37.9 Å². The van der Waals surface area contributed by atoms with Crippen molar-refractivity contribution in [1.82, 2.24) is 0 Å². The Kier molecular flexibility index (Phi) is 5.68. The molecule has 0 amide bonds. The van der Waals surface area contributed by atoms with Gasteiger partial charge >= 0.3 is 0 Å². The van der Waals surface area contributed by atoms with Crippen LogP contribution in [0.5, 0.6) is 0 Å². The molecule has 0 aliphatic heterocycles. The van der Waals surface area contributed by atoms with Gasteiger partial charge in [-0.05, 0) is 107 Å². The Bertz CT molecular complexity index is 1360. The molecule has 0 fully saturated rings. The van der Waals surface area contributed by atoms with E-state index in [0.29, 0.717) is 5.46 Å². The molecule has 2 aliphatic rings. The second-order valence-electron chi connectivity index (χ2n) is 8.83. The molecule has 32 heavy (non-hydrogen) atoms. The summed E-state index contributed by atoms with van der Waals surface area (Å²) in [6, 6.07) is 8.94. The Hall–Kier alpha value is -1.75. The lowest BCUT2D eigenvalue weighted by Gasteiger charge is -2.20. The molecule has 0 saturated heterocycles. The minimum Gasteiger partial charge on any atom is -0.143 e. The van der Waals surface area contributed by atoms with Gasteiger partial charge in [-0.15, -0.1) is 37.9 Å². The highest BCUT2D eigenvalue weighted by atomic mass is 32.1. The van der Waals surface area contributed by atoms with Crippen LogP contribution in [0, 0.1) is 20.8 Å². The maximum Gasteiger partial charge on any atom is 0.116 e. The summed E-state index contributed by atoms with van der Waals surface area (Å²) in [5.41, 5.74) is 14.4. The number of thiol groups is 3. The van der Waals surface area contributed by atoms with Gasteiger partial charge in [0.1, 0.15) is 7.85 Å². The van der Waals surface area contributed by atoms with Crippen molar-refractivity contribution in [2.45, 2.75) is 54.7 Å². The SMILES string of the molecule is [B]c1c(S)c(S)c(C)c2c1-c1c(S)c(C)c(-c3cccc(C4=CC=CCC4)c3)c(C)c1C2. The van der Waals surface area contributed by atoms with Crippen LogP contribution in [0.4, 0.5) is 0 Å². The van der Waals surface area contributed by atoms with Crippen LogP contribution in [0.1, 0.15) is 46.2 Å². The lowest BCUT2D eigenvalue weighted by molar-refractivity contribution is 1.05. The molecule has 3 aromatic rings. The van der Waals surface area contributed by atoms with E-state index in [1.807, 2.05) is 0 Å². The molecular formula is C28H25BS3. The molecule has 5 rings (SSSR count). The molecule has 2 radical (unpaired) electrons. The molecule has 0 aromatic heterocycles. The van der Waals surface area contributed by atoms with Gasteiger partial charge in [0.2, 0.25) is 0 Å². The molecule has 3 aromatic carbocycles. The van der Waals surface area contributed by atoms with Crippen LogP contribution < -0.4 is 5.46 Å². The Labute approximate surface area is 208 Å². The first-order chi connectivity index (χ1) is 15.3. The summed E-state index contributed by atoms with van der Waals surface area (Å²) in [6.45, 7) is 6.53. The highest BCUT2D eigenvalue weighted by Gasteiger charge is 2.30. The van der Waals surface area contributed by atoms with E-state index in [1.165, 1.54) is 50.1 Å². The first-order valence-corrected chi connectivity index (χ1v) is 12.3. The van der Waals surface area contributed by atoms with Gasteiger partial charge in [0, 0.05) is 14.7 Å². The van der Waals surface area contributed by atoms with E-state index in [-0.39, 0.29) is 0 Å². The van der Waals surface area contributed by atoms with E-state index in [9.17, 15) is 0 Å². The predicted octanol–water partition coefficient (Wildman–Crippen LogP) is 7.24. The first kappa shape index (κ1) is 22.1. The first-order valence-electron chi connectivity index (χ1n) is 11.0. The average molecular weight is 469 g/mol. The van der Waals surface area contributed by atoms with Crippen molar-refractivity contribution in [2.24, 2.45) is 0 Å². The van der Waals surface area contributed by atoms with E-state index in [4.69, 9.17) is 20.5 Å². The molecular weight excluding hydrogens is 443 g/mol. The molecule has 0 nitrogen and oxygen atoms in total. The molecule has 2 aliphatic carbocycles. The highest BCUT2D eigenvalue weighted by molar-refractivity contribution is 7.83. The molecule has 0 unspecified atom stereocenters. The number of rotatable bonds is 2. The summed E-state index contributed by atoms with van der Waals surface area (Å²) in [5, 5.41) is 0. The monoisotopic (exact) mass is 468 g/mol. The van der Waals surface area contributed by atoms with Crippen molar-refractivity contribution < 1.29 is 0 Å². The third kappa shape index (κ3) is 3.26. The highest BCUT2D eigenvalue weighted by Crippen LogP contribution is 2.49. The number of allylic oxidation sites excluding steroid dienone is 4. The van der Waals surface area contributed by atoms with Crippen molar-refractivity contribution >= 4 is 56.8 Å². The van der Waals surface area contributed by atoms with E-state index >= 15 is 0 Å². The molecule has 0 saturated carbocycles. The maximum absolute atomic E-state index is 6.57.